The third-order valence-electron chi connectivity index (χ3n) is 3.18. The molecule has 7 heteroatoms. The molecule has 0 aliphatic heterocycles. The van der Waals surface area contributed by atoms with Gasteiger partial charge in [0.25, 0.3) is 0 Å². The number of likely N-dealkylation sites (N-methyl/N-ethyl adjacent to an activating group) is 1. The third-order valence-corrected chi connectivity index (χ3v) is 4.19. The largest absolute Gasteiger partial charge is 0.383 e. The van der Waals surface area contributed by atoms with Crippen LogP contribution in [0, 0.1) is 0 Å². The number of halogens is 1. The van der Waals surface area contributed by atoms with E-state index in [1.807, 2.05) is 17.8 Å². The zero-order valence-electron chi connectivity index (χ0n) is 15.0. The van der Waals surface area contributed by atoms with E-state index in [2.05, 4.69) is 58.8 Å². The van der Waals surface area contributed by atoms with Gasteiger partial charge in [-0.3, -0.25) is 4.99 Å². The molecule has 1 rings (SSSR count). The SMILES string of the molecule is CCNC(=NCCN(C)CCOC)NCCSc1ccccc1.I. The van der Waals surface area contributed by atoms with Crippen molar-refractivity contribution in [3.8, 4) is 0 Å². The highest BCUT2D eigenvalue weighted by molar-refractivity contribution is 14.0. The zero-order chi connectivity index (χ0) is 16.8. The average molecular weight is 466 g/mol. The summed E-state index contributed by atoms with van der Waals surface area (Å²) in [6, 6.07) is 10.5. The van der Waals surface area contributed by atoms with E-state index in [1.54, 1.807) is 7.11 Å². The van der Waals surface area contributed by atoms with Crippen molar-refractivity contribution in [2.24, 2.45) is 4.99 Å². The molecule has 0 saturated carbocycles. The predicted octanol–water partition coefficient (Wildman–Crippen LogP) is 2.53. The molecule has 24 heavy (non-hydrogen) atoms. The summed E-state index contributed by atoms with van der Waals surface area (Å²) in [5.41, 5.74) is 0. The topological polar surface area (TPSA) is 48.9 Å². The van der Waals surface area contributed by atoms with Crippen molar-refractivity contribution in [2.45, 2.75) is 11.8 Å². The fourth-order valence-electron chi connectivity index (χ4n) is 1.89. The number of benzene rings is 1. The molecular formula is C17H31IN4OS. The van der Waals surface area contributed by atoms with Crippen LogP contribution in [-0.4, -0.2) is 70.1 Å². The maximum Gasteiger partial charge on any atom is 0.191 e. The number of guanidine groups is 1. The molecule has 5 nitrogen and oxygen atoms in total. The number of hydrogen-bond donors (Lipinski definition) is 2. The molecule has 0 fully saturated rings. The van der Waals surface area contributed by atoms with Crippen LogP contribution in [0.25, 0.3) is 0 Å². The monoisotopic (exact) mass is 466 g/mol. The zero-order valence-corrected chi connectivity index (χ0v) is 18.1. The highest BCUT2D eigenvalue weighted by atomic mass is 127. The van der Waals surface area contributed by atoms with Crippen molar-refractivity contribution < 1.29 is 4.74 Å². The highest BCUT2D eigenvalue weighted by Crippen LogP contribution is 2.15. The second-order valence-corrected chi connectivity index (χ2v) is 6.31. The van der Waals surface area contributed by atoms with Crippen molar-refractivity contribution in [3.05, 3.63) is 30.3 Å². The summed E-state index contributed by atoms with van der Waals surface area (Å²) in [5, 5.41) is 6.67. The van der Waals surface area contributed by atoms with Crippen molar-refractivity contribution in [3.63, 3.8) is 0 Å². The standard InChI is InChI=1S/C17H30N4OS.HI/c1-4-18-17(19-10-12-21(2)13-14-22-3)20-11-15-23-16-8-6-5-7-9-16;/h5-9H,4,10-15H2,1-3H3,(H2,18,19,20);1H. The average Bonchev–Trinajstić information content (AvgIpc) is 2.57. The van der Waals surface area contributed by atoms with Gasteiger partial charge in [0.15, 0.2) is 5.96 Å². The van der Waals surface area contributed by atoms with Crippen LogP contribution in [0.15, 0.2) is 40.2 Å². The van der Waals surface area contributed by atoms with Gasteiger partial charge in [0, 0.05) is 43.9 Å². The van der Waals surface area contributed by atoms with Gasteiger partial charge in [-0.2, -0.15) is 0 Å². The van der Waals surface area contributed by atoms with E-state index in [0.29, 0.717) is 0 Å². The molecule has 0 heterocycles. The molecule has 0 radical (unpaired) electrons. The number of aliphatic imine (C=N–C) groups is 1. The molecule has 2 N–H and O–H groups in total. The smallest absolute Gasteiger partial charge is 0.191 e. The van der Waals surface area contributed by atoms with Crippen LogP contribution < -0.4 is 10.6 Å². The Morgan fingerprint density at radius 1 is 1.21 bits per heavy atom. The van der Waals surface area contributed by atoms with Gasteiger partial charge in [-0.15, -0.1) is 35.7 Å². The quantitative estimate of drug-likeness (QED) is 0.173. The number of methoxy groups -OCH3 is 1. The molecule has 1 aromatic carbocycles. The number of rotatable bonds is 11. The van der Waals surface area contributed by atoms with E-state index >= 15 is 0 Å². The van der Waals surface area contributed by atoms with E-state index in [0.717, 1.165) is 51.0 Å². The Morgan fingerprint density at radius 2 is 1.96 bits per heavy atom. The molecule has 0 unspecified atom stereocenters. The lowest BCUT2D eigenvalue weighted by atomic mass is 10.4. The van der Waals surface area contributed by atoms with Crippen LogP contribution in [0.2, 0.25) is 0 Å². The van der Waals surface area contributed by atoms with Gasteiger partial charge in [-0.1, -0.05) is 18.2 Å². The van der Waals surface area contributed by atoms with E-state index in [4.69, 9.17) is 4.74 Å². The molecule has 138 valence electrons. The maximum atomic E-state index is 5.08. The highest BCUT2D eigenvalue weighted by Gasteiger charge is 1.99. The maximum absolute atomic E-state index is 5.08. The molecule has 0 amide bonds. The van der Waals surface area contributed by atoms with Gasteiger partial charge in [0.05, 0.1) is 13.2 Å². The number of thioether (sulfide) groups is 1. The van der Waals surface area contributed by atoms with Gasteiger partial charge in [-0.25, -0.2) is 0 Å². The summed E-state index contributed by atoms with van der Waals surface area (Å²) in [5.74, 6) is 1.91. The third kappa shape index (κ3) is 11.9. The first-order chi connectivity index (χ1) is 11.3. The summed E-state index contributed by atoms with van der Waals surface area (Å²) in [4.78, 5) is 8.13. The molecule has 0 bridgehead atoms. The molecule has 1 aromatic rings. The Bertz CT molecular complexity index is 434. The summed E-state index contributed by atoms with van der Waals surface area (Å²) in [7, 11) is 3.82. The molecule has 0 saturated heterocycles. The van der Waals surface area contributed by atoms with Crippen LogP contribution in [0.4, 0.5) is 0 Å². The molecule has 0 atom stereocenters. The van der Waals surface area contributed by atoms with E-state index in [9.17, 15) is 0 Å². The summed E-state index contributed by atoms with van der Waals surface area (Å²) >= 11 is 1.85. The molecule has 0 aliphatic carbocycles. The Hall–Kier alpha value is -0.510. The summed E-state index contributed by atoms with van der Waals surface area (Å²) in [6.45, 7) is 7.25. The minimum atomic E-state index is 0. The summed E-state index contributed by atoms with van der Waals surface area (Å²) in [6.07, 6.45) is 0. The first-order valence-corrected chi connectivity index (χ1v) is 9.12. The van der Waals surface area contributed by atoms with Gasteiger partial charge in [0.1, 0.15) is 0 Å². The van der Waals surface area contributed by atoms with Crippen LogP contribution in [0.3, 0.4) is 0 Å². The van der Waals surface area contributed by atoms with Crippen molar-refractivity contribution in [1.82, 2.24) is 15.5 Å². The lowest BCUT2D eigenvalue weighted by molar-refractivity contribution is 0.163. The molecule has 0 aliphatic rings. The van der Waals surface area contributed by atoms with Gasteiger partial charge in [-0.05, 0) is 26.1 Å². The first-order valence-electron chi connectivity index (χ1n) is 8.13. The fourth-order valence-corrected chi connectivity index (χ4v) is 2.68. The second kappa shape index (κ2) is 16.0. The van der Waals surface area contributed by atoms with E-state index in [-0.39, 0.29) is 24.0 Å². The molecular weight excluding hydrogens is 435 g/mol. The van der Waals surface area contributed by atoms with Gasteiger partial charge in [0.2, 0.25) is 0 Å². The normalized spacial score (nSPS) is 11.2. The molecule has 0 spiro atoms. The Kier molecular flexibility index (Phi) is 15.6. The van der Waals surface area contributed by atoms with Crippen LogP contribution in [-0.2, 0) is 4.74 Å². The number of nitrogens with zero attached hydrogens (tertiary/aromatic N) is 2. The number of ether oxygens (including phenoxy) is 1. The van der Waals surface area contributed by atoms with E-state index in [1.165, 1.54) is 4.90 Å². The Labute approximate surface area is 168 Å². The lowest BCUT2D eigenvalue weighted by Gasteiger charge is -2.15. The van der Waals surface area contributed by atoms with E-state index < -0.39 is 0 Å². The Morgan fingerprint density at radius 3 is 2.62 bits per heavy atom. The molecule has 0 aromatic heterocycles. The number of hydrogen-bond acceptors (Lipinski definition) is 4. The first kappa shape index (κ1) is 23.5. The Balaban J connectivity index is 0.00000529. The van der Waals surface area contributed by atoms with Crippen LogP contribution in [0.1, 0.15) is 6.92 Å². The van der Waals surface area contributed by atoms with Crippen LogP contribution in [0.5, 0.6) is 0 Å². The fraction of sp³-hybridized carbons (Fsp3) is 0.588. The number of nitrogens with one attached hydrogen (secondary N) is 2. The van der Waals surface area contributed by atoms with Crippen molar-refractivity contribution in [2.75, 3.05) is 59.2 Å². The van der Waals surface area contributed by atoms with Crippen molar-refractivity contribution >= 4 is 41.7 Å². The lowest BCUT2D eigenvalue weighted by Crippen LogP contribution is -2.39. The van der Waals surface area contributed by atoms with Crippen molar-refractivity contribution in [1.29, 1.82) is 0 Å². The second-order valence-electron chi connectivity index (χ2n) is 5.15. The minimum Gasteiger partial charge on any atom is -0.383 e. The summed E-state index contributed by atoms with van der Waals surface area (Å²) < 4.78 is 5.08. The van der Waals surface area contributed by atoms with Gasteiger partial charge < -0.3 is 20.3 Å². The van der Waals surface area contributed by atoms with Gasteiger partial charge >= 0.3 is 0 Å². The van der Waals surface area contributed by atoms with Crippen LogP contribution >= 0.6 is 35.7 Å². The predicted molar refractivity (Wildman–Crippen MR) is 116 cm³/mol. The minimum absolute atomic E-state index is 0.